The van der Waals surface area contributed by atoms with Crippen LogP contribution in [0.25, 0.3) is 0 Å². The van der Waals surface area contributed by atoms with Crippen molar-refractivity contribution in [1.82, 2.24) is 9.29 Å². The van der Waals surface area contributed by atoms with Gasteiger partial charge in [-0.1, -0.05) is 6.07 Å². The summed E-state index contributed by atoms with van der Waals surface area (Å²) >= 11 is 0. The second kappa shape index (κ2) is 6.55. The van der Waals surface area contributed by atoms with Gasteiger partial charge in [0.2, 0.25) is 10.0 Å². The molecule has 5 nitrogen and oxygen atoms in total. The average molecular weight is 330 g/mol. The third-order valence-electron chi connectivity index (χ3n) is 3.22. The van der Waals surface area contributed by atoms with Gasteiger partial charge in [0, 0.05) is 25.5 Å². The summed E-state index contributed by atoms with van der Waals surface area (Å²) in [6.07, 6.45) is 0.943. The van der Waals surface area contributed by atoms with Crippen LogP contribution in [-0.4, -0.2) is 24.6 Å². The minimum atomic E-state index is -4.31. The van der Waals surface area contributed by atoms with E-state index in [0.29, 0.717) is 5.69 Å². The molecule has 0 aliphatic heterocycles. The number of aliphatic hydroxyl groups is 1. The Kier molecular flexibility index (Phi) is 4.94. The van der Waals surface area contributed by atoms with Gasteiger partial charge in [-0.2, -0.15) is 0 Å². The fraction of sp³-hybridized carbons (Fsp3) is 0.286. The maximum absolute atomic E-state index is 13.5. The van der Waals surface area contributed by atoms with Crippen LogP contribution in [0.4, 0.5) is 8.78 Å². The zero-order valence-corrected chi connectivity index (χ0v) is 12.6. The Bertz CT molecular complexity index is 739. The predicted molar refractivity (Wildman–Crippen MR) is 76.5 cm³/mol. The Morgan fingerprint density at radius 2 is 1.86 bits per heavy atom. The first-order valence-electron chi connectivity index (χ1n) is 6.56. The highest BCUT2D eigenvalue weighted by Gasteiger charge is 2.23. The number of benzene rings is 1. The fourth-order valence-corrected chi connectivity index (χ4v) is 3.29. The molecule has 1 atom stereocenters. The maximum Gasteiger partial charge on any atom is 0.246 e. The molecule has 8 heteroatoms. The monoisotopic (exact) mass is 330 g/mol. The summed E-state index contributed by atoms with van der Waals surface area (Å²) < 4.78 is 54.7. The van der Waals surface area contributed by atoms with Gasteiger partial charge in [0.1, 0.15) is 11.6 Å². The molecule has 0 unspecified atom stereocenters. The minimum Gasteiger partial charge on any atom is -0.387 e. The Morgan fingerprint density at radius 1 is 1.23 bits per heavy atom. The molecule has 0 amide bonds. The molecule has 0 bridgehead atoms. The summed E-state index contributed by atoms with van der Waals surface area (Å²) in [7, 11) is -2.57. The van der Waals surface area contributed by atoms with Crippen LogP contribution in [0.15, 0.2) is 41.4 Å². The Hall–Kier alpha value is -1.77. The number of hydrogen-bond donors (Lipinski definition) is 2. The lowest BCUT2D eigenvalue weighted by molar-refractivity contribution is 0.161. The van der Waals surface area contributed by atoms with E-state index in [0.717, 1.165) is 18.2 Å². The lowest BCUT2D eigenvalue weighted by Gasteiger charge is -2.13. The number of rotatable bonds is 6. The SMILES string of the molecule is Cn1cccc1[C@H](O)CCNS(=O)(=O)c1c(F)cccc1F. The van der Waals surface area contributed by atoms with E-state index < -0.39 is 32.7 Å². The van der Waals surface area contributed by atoms with Crippen LogP contribution >= 0.6 is 0 Å². The average Bonchev–Trinajstić information content (AvgIpc) is 2.84. The van der Waals surface area contributed by atoms with Crippen molar-refractivity contribution >= 4 is 10.0 Å². The number of nitrogens with zero attached hydrogens (tertiary/aromatic N) is 1. The molecule has 120 valence electrons. The first-order valence-corrected chi connectivity index (χ1v) is 8.04. The molecule has 0 aliphatic carbocycles. The molecule has 0 fully saturated rings. The molecule has 0 spiro atoms. The van der Waals surface area contributed by atoms with Crippen molar-refractivity contribution in [1.29, 1.82) is 0 Å². The van der Waals surface area contributed by atoms with Crippen molar-refractivity contribution in [3.8, 4) is 0 Å². The van der Waals surface area contributed by atoms with E-state index in [2.05, 4.69) is 4.72 Å². The van der Waals surface area contributed by atoms with E-state index in [1.165, 1.54) is 0 Å². The summed E-state index contributed by atoms with van der Waals surface area (Å²) in [6, 6.07) is 6.28. The third kappa shape index (κ3) is 3.52. The molecular formula is C14H16F2N2O3S. The highest BCUT2D eigenvalue weighted by molar-refractivity contribution is 7.89. The second-order valence-corrected chi connectivity index (χ2v) is 6.50. The van der Waals surface area contributed by atoms with Crippen molar-refractivity contribution in [3.05, 3.63) is 53.9 Å². The molecule has 22 heavy (non-hydrogen) atoms. The lowest BCUT2D eigenvalue weighted by Crippen LogP contribution is -2.27. The number of nitrogens with one attached hydrogen (secondary N) is 1. The minimum absolute atomic E-state index is 0.0765. The van der Waals surface area contributed by atoms with E-state index in [4.69, 9.17) is 0 Å². The van der Waals surface area contributed by atoms with Crippen LogP contribution in [0.3, 0.4) is 0 Å². The Morgan fingerprint density at radius 3 is 2.41 bits per heavy atom. The maximum atomic E-state index is 13.5. The summed E-state index contributed by atoms with van der Waals surface area (Å²) in [6.45, 7) is -0.150. The van der Waals surface area contributed by atoms with E-state index in [1.807, 2.05) is 0 Å². The zero-order valence-electron chi connectivity index (χ0n) is 11.8. The van der Waals surface area contributed by atoms with E-state index in [1.54, 1.807) is 29.9 Å². The standard InChI is InChI=1S/C14H16F2N2O3S/c1-18-9-3-6-12(18)13(19)7-8-17-22(20,21)14-10(15)4-2-5-11(14)16/h2-6,9,13,17,19H,7-8H2,1H3/t13-/m1/s1. The molecule has 1 aromatic heterocycles. The predicted octanol–water partition coefficient (Wildman–Crippen LogP) is 1.71. The zero-order chi connectivity index (χ0) is 16.3. The van der Waals surface area contributed by atoms with Crippen LogP contribution < -0.4 is 4.72 Å². The van der Waals surface area contributed by atoms with Crippen molar-refractivity contribution in [3.63, 3.8) is 0 Å². The van der Waals surface area contributed by atoms with Crippen molar-refractivity contribution in [2.24, 2.45) is 7.05 Å². The molecular weight excluding hydrogens is 314 g/mol. The van der Waals surface area contributed by atoms with Crippen LogP contribution in [0.5, 0.6) is 0 Å². The molecule has 0 saturated carbocycles. The van der Waals surface area contributed by atoms with Gasteiger partial charge >= 0.3 is 0 Å². The van der Waals surface area contributed by atoms with Gasteiger partial charge in [0.25, 0.3) is 0 Å². The van der Waals surface area contributed by atoms with Crippen molar-refractivity contribution < 1.29 is 22.3 Å². The highest BCUT2D eigenvalue weighted by atomic mass is 32.2. The van der Waals surface area contributed by atoms with Gasteiger partial charge in [-0.3, -0.25) is 0 Å². The lowest BCUT2D eigenvalue weighted by atomic mass is 10.2. The molecule has 2 N–H and O–H groups in total. The second-order valence-electron chi connectivity index (χ2n) is 4.80. The number of halogens is 2. The fourth-order valence-electron chi connectivity index (χ4n) is 2.11. The summed E-state index contributed by atoms with van der Waals surface area (Å²) in [5.41, 5.74) is 0.622. The number of aromatic nitrogens is 1. The van der Waals surface area contributed by atoms with Crippen LogP contribution in [0, 0.1) is 11.6 Å². The van der Waals surface area contributed by atoms with Crippen molar-refractivity contribution in [2.75, 3.05) is 6.54 Å². The van der Waals surface area contributed by atoms with E-state index >= 15 is 0 Å². The van der Waals surface area contributed by atoms with Crippen LogP contribution in [0.1, 0.15) is 18.2 Å². The first kappa shape index (κ1) is 16.6. The van der Waals surface area contributed by atoms with Gasteiger partial charge in [-0.25, -0.2) is 21.9 Å². The molecule has 1 aromatic carbocycles. The van der Waals surface area contributed by atoms with Crippen LogP contribution in [0.2, 0.25) is 0 Å². The first-order chi connectivity index (χ1) is 10.3. The van der Waals surface area contributed by atoms with E-state index in [9.17, 15) is 22.3 Å². The number of aryl methyl sites for hydroxylation is 1. The number of aliphatic hydroxyl groups excluding tert-OH is 1. The largest absolute Gasteiger partial charge is 0.387 e. The van der Waals surface area contributed by atoms with Gasteiger partial charge in [0.15, 0.2) is 4.90 Å². The number of hydrogen-bond acceptors (Lipinski definition) is 3. The van der Waals surface area contributed by atoms with Gasteiger partial charge < -0.3 is 9.67 Å². The highest BCUT2D eigenvalue weighted by Crippen LogP contribution is 2.19. The van der Waals surface area contributed by atoms with Crippen molar-refractivity contribution in [2.45, 2.75) is 17.4 Å². The molecule has 0 radical (unpaired) electrons. The molecule has 2 rings (SSSR count). The summed E-state index contributed by atoms with van der Waals surface area (Å²) in [4.78, 5) is -1.01. The summed E-state index contributed by atoms with van der Waals surface area (Å²) in [5.74, 6) is -2.31. The quantitative estimate of drug-likeness (QED) is 0.847. The molecule has 0 aliphatic rings. The van der Waals surface area contributed by atoms with Gasteiger partial charge in [0.05, 0.1) is 6.10 Å². The van der Waals surface area contributed by atoms with Gasteiger partial charge in [-0.05, 0) is 30.7 Å². The molecule has 1 heterocycles. The van der Waals surface area contributed by atoms with Crippen LogP contribution in [-0.2, 0) is 17.1 Å². The topological polar surface area (TPSA) is 71.3 Å². The Labute approximate surface area is 127 Å². The number of sulfonamides is 1. The third-order valence-corrected chi connectivity index (χ3v) is 4.73. The molecule has 2 aromatic rings. The molecule has 0 saturated heterocycles. The van der Waals surface area contributed by atoms with E-state index in [-0.39, 0.29) is 13.0 Å². The summed E-state index contributed by atoms with van der Waals surface area (Å²) in [5, 5.41) is 9.96. The smallest absolute Gasteiger partial charge is 0.246 e. The van der Waals surface area contributed by atoms with Gasteiger partial charge in [-0.15, -0.1) is 0 Å². The Balaban J connectivity index is 2.03. The normalized spacial score (nSPS) is 13.3.